The van der Waals surface area contributed by atoms with E-state index in [1.54, 1.807) is 25.1 Å². The molecule has 0 bridgehead atoms. The monoisotopic (exact) mass is 481 g/mol. The minimum absolute atomic E-state index is 0.0923. The summed E-state index contributed by atoms with van der Waals surface area (Å²) in [5.74, 6) is 0.214. The Balaban J connectivity index is 1.48. The van der Waals surface area contributed by atoms with Crippen LogP contribution in [0.15, 0.2) is 57.7 Å². The van der Waals surface area contributed by atoms with E-state index in [4.69, 9.17) is 18.6 Å². The van der Waals surface area contributed by atoms with Gasteiger partial charge in [-0.25, -0.2) is 4.79 Å². The van der Waals surface area contributed by atoms with Crippen molar-refractivity contribution in [1.29, 1.82) is 0 Å². The normalized spacial score (nSPS) is 21.6. The smallest absolute Gasteiger partial charge is 0.360 e. The molecule has 0 spiro atoms. The van der Waals surface area contributed by atoms with Crippen molar-refractivity contribution in [3.63, 3.8) is 0 Å². The number of methoxy groups -OCH3 is 1. The van der Waals surface area contributed by atoms with E-state index in [1.165, 1.54) is 7.11 Å². The van der Waals surface area contributed by atoms with Crippen LogP contribution in [0.4, 0.5) is 5.69 Å². The van der Waals surface area contributed by atoms with Crippen molar-refractivity contribution in [2.45, 2.75) is 64.1 Å². The lowest BCUT2D eigenvalue weighted by Crippen LogP contribution is -2.56. The maximum absolute atomic E-state index is 12.6. The predicted molar refractivity (Wildman–Crippen MR) is 132 cm³/mol. The summed E-state index contributed by atoms with van der Waals surface area (Å²) >= 11 is 0. The Labute approximate surface area is 203 Å². The molecule has 0 saturated carbocycles. The van der Waals surface area contributed by atoms with E-state index in [0.717, 1.165) is 5.56 Å². The highest BCUT2D eigenvalue weighted by atomic mass is 16.7. The van der Waals surface area contributed by atoms with E-state index in [-0.39, 0.29) is 24.4 Å². The second-order valence-corrected chi connectivity index (χ2v) is 9.32. The van der Waals surface area contributed by atoms with Crippen molar-refractivity contribution in [3.05, 3.63) is 70.1 Å². The first-order chi connectivity index (χ1) is 16.7. The first kappa shape index (κ1) is 24.9. The number of aliphatic hydroxyl groups is 1. The standard InChI is InChI=1S/C27H31NO7/c1-16-21(33-23-15-20(29)25(32-4)27(2,3)35-23)12-11-18-14-19(26(31)34-24(16)18)28-22(30)13-10-17-8-6-5-7-9-17/h5-9,11-12,14,20,23,25,29H,10,13,15H2,1-4H3,(H,28,30)/t20-,23+,25+/m0/s1. The summed E-state index contributed by atoms with van der Waals surface area (Å²) in [7, 11) is 1.54. The summed E-state index contributed by atoms with van der Waals surface area (Å²) in [4.78, 5) is 25.0. The highest BCUT2D eigenvalue weighted by Crippen LogP contribution is 2.34. The molecule has 1 aromatic heterocycles. The van der Waals surface area contributed by atoms with Crippen LogP contribution in [-0.4, -0.2) is 42.2 Å². The van der Waals surface area contributed by atoms with E-state index in [9.17, 15) is 14.7 Å². The number of carbonyl (C=O) groups is 1. The van der Waals surface area contributed by atoms with Crippen LogP contribution in [0.1, 0.15) is 37.8 Å². The van der Waals surface area contributed by atoms with Crippen molar-refractivity contribution >= 4 is 22.6 Å². The zero-order chi connectivity index (χ0) is 25.2. The van der Waals surface area contributed by atoms with Crippen molar-refractivity contribution < 1.29 is 28.5 Å². The molecule has 1 fully saturated rings. The average molecular weight is 482 g/mol. The molecule has 2 aromatic carbocycles. The number of hydrogen-bond donors (Lipinski definition) is 2. The van der Waals surface area contributed by atoms with Gasteiger partial charge in [0.2, 0.25) is 12.2 Å². The largest absolute Gasteiger partial charge is 0.464 e. The van der Waals surface area contributed by atoms with E-state index in [0.29, 0.717) is 28.7 Å². The highest BCUT2D eigenvalue weighted by Gasteiger charge is 2.44. The fraction of sp³-hybridized carbons (Fsp3) is 0.407. The summed E-state index contributed by atoms with van der Waals surface area (Å²) in [6, 6.07) is 14.8. The molecule has 35 heavy (non-hydrogen) atoms. The van der Waals surface area contributed by atoms with Crippen LogP contribution in [0, 0.1) is 6.92 Å². The van der Waals surface area contributed by atoms with Crippen molar-refractivity contribution in [3.8, 4) is 5.75 Å². The molecule has 1 saturated heterocycles. The van der Waals surface area contributed by atoms with Gasteiger partial charge in [0.25, 0.3) is 0 Å². The predicted octanol–water partition coefficient (Wildman–Crippen LogP) is 3.95. The molecule has 8 heteroatoms. The van der Waals surface area contributed by atoms with Crippen LogP contribution in [-0.2, 0) is 20.7 Å². The molecule has 1 aliphatic rings. The van der Waals surface area contributed by atoms with Gasteiger partial charge in [-0.15, -0.1) is 0 Å². The number of aliphatic hydroxyl groups excluding tert-OH is 1. The van der Waals surface area contributed by atoms with E-state index in [1.807, 2.05) is 44.2 Å². The molecule has 3 aromatic rings. The van der Waals surface area contributed by atoms with Crippen molar-refractivity contribution in [1.82, 2.24) is 0 Å². The van der Waals surface area contributed by atoms with Gasteiger partial charge in [0.15, 0.2) is 0 Å². The number of fused-ring (bicyclic) bond motifs is 1. The fourth-order valence-corrected chi connectivity index (χ4v) is 4.53. The van der Waals surface area contributed by atoms with Gasteiger partial charge in [-0.3, -0.25) is 4.79 Å². The lowest BCUT2D eigenvalue weighted by atomic mass is 9.91. The summed E-state index contributed by atoms with van der Waals surface area (Å²) < 4.78 is 23.0. The molecule has 8 nitrogen and oxygen atoms in total. The lowest BCUT2D eigenvalue weighted by molar-refractivity contribution is -0.264. The molecule has 3 atom stereocenters. The van der Waals surface area contributed by atoms with Gasteiger partial charge >= 0.3 is 5.63 Å². The van der Waals surface area contributed by atoms with E-state index in [2.05, 4.69) is 5.32 Å². The SMILES string of the molecule is CO[C@@H]1[C@@H](O)C[C@H](Oc2ccc3cc(NC(=O)CCc4ccccc4)c(=O)oc3c2C)OC1(C)C. The molecule has 2 heterocycles. The average Bonchev–Trinajstić information content (AvgIpc) is 2.81. The molecule has 0 unspecified atom stereocenters. The van der Waals surface area contributed by atoms with Crippen LogP contribution in [0.2, 0.25) is 0 Å². The fourth-order valence-electron chi connectivity index (χ4n) is 4.53. The van der Waals surface area contributed by atoms with Crippen molar-refractivity contribution in [2.24, 2.45) is 0 Å². The van der Waals surface area contributed by atoms with Gasteiger partial charge < -0.3 is 29.1 Å². The second-order valence-electron chi connectivity index (χ2n) is 9.32. The zero-order valence-electron chi connectivity index (χ0n) is 20.4. The van der Waals surface area contributed by atoms with E-state index < -0.39 is 29.7 Å². The Hall–Kier alpha value is -3.20. The van der Waals surface area contributed by atoms with E-state index >= 15 is 0 Å². The Bertz CT molecular complexity index is 1250. The maximum atomic E-state index is 12.6. The Morgan fingerprint density at radius 3 is 2.63 bits per heavy atom. The van der Waals surface area contributed by atoms with Gasteiger partial charge in [0, 0.05) is 30.9 Å². The molecule has 1 aliphatic heterocycles. The van der Waals surface area contributed by atoms with Gasteiger partial charge in [-0.1, -0.05) is 30.3 Å². The van der Waals surface area contributed by atoms with Crippen LogP contribution in [0.25, 0.3) is 11.0 Å². The topological polar surface area (TPSA) is 107 Å². The summed E-state index contributed by atoms with van der Waals surface area (Å²) in [6.07, 6.45) is -0.860. The number of carbonyl (C=O) groups excluding carboxylic acids is 1. The third kappa shape index (κ3) is 5.56. The third-order valence-corrected chi connectivity index (χ3v) is 6.27. The number of nitrogens with one attached hydrogen (secondary N) is 1. The van der Waals surface area contributed by atoms with Gasteiger partial charge in [-0.2, -0.15) is 0 Å². The summed E-state index contributed by atoms with van der Waals surface area (Å²) in [5, 5.41) is 13.8. The first-order valence-corrected chi connectivity index (χ1v) is 11.6. The quantitative estimate of drug-likeness (QED) is 0.492. The number of amides is 1. The maximum Gasteiger partial charge on any atom is 0.360 e. The number of anilines is 1. The lowest BCUT2D eigenvalue weighted by Gasteiger charge is -2.44. The van der Waals surface area contributed by atoms with Crippen LogP contribution in [0.5, 0.6) is 5.75 Å². The molecular formula is C27H31NO7. The third-order valence-electron chi connectivity index (χ3n) is 6.27. The van der Waals surface area contributed by atoms with Crippen molar-refractivity contribution in [2.75, 3.05) is 12.4 Å². The van der Waals surface area contributed by atoms with Crippen LogP contribution >= 0.6 is 0 Å². The van der Waals surface area contributed by atoms with Crippen LogP contribution < -0.4 is 15.7 Å². The molecule has 186 valence electrons. The summed E-state index contributed by atoms with van der Waals surface area (Å²) in [6.45, 7) is 5.45. The summed E-state index contributed by atoms with van der Waals surface area (Å²) in [5.41, 5.74) is 0.731. The highest BCUT2D eigenvalue weighted by molar-refractivity contribution is 5.93. The minimum Gasteiger partial charge on any atom is -0.464 e. The Kier molecular flexibility index (Phi) is 7.25. The first-order valence-electron chi connectivity index (χ1n) is 11.6. The number of hydrogen-bond acceptors (Lipinski definition) is 7. The van der Waals surface area contributed by atoms with Crippen LogP contribution in [0.3, 0.4) is 0 Å². The molecule has 4 rings (SSSR count). The van der Waals surface area contributed by atoms with Gasteiger partial charge in [0.05, 0.1) is 11.7 Å². The minimum atomic E-state index is -0.750. The number of ether oxygens (including phenoxy) is 3. The Morgan fingerprint density at radius 1 is 1.20 bits per heavy atom. The second kappa shape index (κ2) is 10.2. The molecule has 2 N–H and O–H groups in total. The zero-order valence-corrected chi connectivity index (χ0v) is 20.4. The molecule has 1 amide bonds. The van der Waals surface area contributed by atoms with Gasteiger partial charge in [0.1, 0.15) is 23.1 Å². The number of rotatable bonds is 7. The number of aryl methyl sites for hydroxylation is 2. The molecular weight excluding hydrogens is 450 g/mol. The Morgan fingerprint density at radius 2 is 1.94 bits per heavy atom. The number of benzene rings is 2. The molecule has 0 aliphatic carbocycles. The van der Waals surface area contributed by atoms with Gasteiger partial charge in [-0.05, 0) is 51.0 Å². The molecule has 0 radical (unpaired) electrons.